The maximum absolute atomic E-state index is 11.0. The fourth-order valence-corrected chi connectivity index (χ4v) is 3.79. The Kier molecular flexibility index (Phi) is 6.91. The lowest BCUT2D eigenvalue weighted by Crippen LogP contribution is -2.42. The molecule has 0 unspecified atom stereocenters. The summed E-state index contributed by atoms with van der Waals surface area (Å²) in [6.07, 6.45) is 3.37. The van der Waals surface area contributed by atoms with Crippen LogP contribution in [0.5, 0.6) is 0 Å². The lowest BCUT2D eigenvalue weighted by molar-refractivity contribution is -0.159. The predicted molar refractivity (Wildman–Crippen MR) is 114 cm³/mol. The van der Waals surface area contributed by atoms with Crippen LogP contribution in [0, 0.1) is 0 Å². The number of hydrogen-bond acceptors (Lipinski definition) is 5. The topological polar surface area (TPSA) is 111 Å². The monoisotopic (exact) mass is 475 g/mol. The van der Waals surface area contributed by atoms with Gasteiger partial charge in [0.2, 0.25) is 0 Å². The second-order valence-electron chi connectivity index (χ2n) is 7.18. The van der Waals surface area contributed by atoms with Crippen LogP contribution >= 0.6 is 15.9 Å². The van der Waals surface area contributed by atoms with E-state index in [1.807, 2.05) is 48.7 Å². The summed E-state index contributed by atoms with van der Waals surface area (Å²) in [6.45, 7) is 2.63. The molecule has 1 aliphatic heterocycles. The SMILES string of the molecule is O=C(O)C(=O)O.OC1(c2ccc(Br)cc2)CCN(Cc2coc3ccccc23)CC1. The summed E-state index contributed by atoms with van der Waals surface area (Å²) < 4.78 is 6.67. The molecule has 0 atom stereocenters. The molecule has 2 heterocycles. The Hall–Kier alpha value is -2.68. The van der Waals surface area contributed by atoms with Crippen molar-refractivity contribution in [3.8, 4) is 0 Å². The summed E-state index contributed by atoms with van der Waals surface area (Å²) in [5.74, 6) is -3.65. The van der Waals surface area contributed by atoms with Crippen molar-refractivity contribution >= 4 is 38.8 Å². The number of benzene rings is 2. The number of piperidine rings is 1. The van der Waals surface area contributed by atoms with Crippen molar-refractivity contribution < 1.29 is 29.3 Å². The first kappa shape index (κ1) is 22.0. The Morgan fingerprint density at radius 3 is 2.20 bits per heavy atom. The highest BCUT2D eigenvalue weighted by Gasteiger charge is 2.34. The van der Waals surface area contributed by atoms with E-state index < -0.39 is 17.5 Å². The molecule has 0 saturated carbocycles. The number of halogens is 1. The number of fused-ring (bicyclic) bond motifs is 1. The van der Waals surface area contributed by atoms with E-state index in [9.17, 15) is 5.11 Å². The average Bonchev–Trinajstić information content (AvgIpc) is 3.14. The summed E-state index contributed by atoms with van der Waals surface area (Å²) >= 11 is 3.45. The van der Waals surface area contributed by atoms with Crippen LogP contribution in [-0.2, 0) is 21.7 Å². The Bertz CT molecular complexity index is 1010. The van der Waals surface area contributed by atoms with E-state index in [0.29, 0.717) is 0 Å². The zero-order valence-electron chi connectivity index (χ0n) is 16.1. The molecule has 30 heavy (non-hydrogen) atoms. The molecule has 2 aromatic carbocycles. The highest BCUT2D eigenvalue weighted by atomic mass is 79.9. The van der Waals surface area contributed by atoms with Crippen LogP contribution in [0.3, 0.4) is 0 Å². The number of para-hydroxylation sites is 1. The van der Waals surface area contributed by atoms with Crippen molar-refractivity contribution in [3.63, 3.8) is 0 Å². The van der Waals surface area contributed by atoms with Crippen molar-refractivity contribution in [3.05, 3.63) is 70.4 Å². The number of carbonyl (C=O) groups is 2. The van der Waals surface area contributed by atoms with E-state index in [0.717, 1.165) is 48.1 Å². The fourth-order valence-electron chi connectivity index (χ4n) is 3.53. The van der Waals surface area contributed by atoms with E-state index in [2.05, 4.69) is 26.9 Å². The molecule has 0 amide bonds. The highest BCUT2D eigenvalue weighted by Crippen LogP contribution is 2.34. The Labute approximate surface area is 181 Å². The van der Waals surface area contributed by atoms with Crippen LogP contribution in [0.2, 0.25) is 0 Å². The van der Waals surface area contributed by atoms with Crippen LogP contribution in [-0.4, -0.2) is 45.2 Å². The molecule has 8 heteroatoms. The van der Waals surface area contributed by atoms with Crippen molar-refractivity contribution in [2.45, 2.75) is 25.0 Å². The van der Waals surface area contributed by atoms with Crippen molar-refractivity contribution in [1.82, 2.24) is 4.90 Å². The Balaban J connectivity index is 0.000000377. The zero-order valence-corrected chi connectivity index (χ0v) is 17.7. The second-order valence-corrected chi connectivity index (χ2v) is 8.10. The van der Waals surface area contributed by atoms with Gasteiger partial charge < -0.3 is 19.7 Å². The first-order valence-electron chi connectivity index (χ1n) is 9.40. The van der Waals surface area contributed by atoms with Gasteiger partial charge in [-0.15, -0.1) is 0 Å². The molecule has 1 saturated heterocycles. The average molecular weight is 476 g/mol. The number of furan rings is 1. The smallest absolute Gasteiger partial charge is 0.414 e. The van der Waals surface area contributed by atoms with Crippen molar-refractivity contribution in [2.24, 2.45) is 0 Å². The molecule has 0 aliphatic carbocycles. The molecule has 1 aromatic heterocycles. The molecule has 0 spiro atoms. The maximum atomic E-state index is 11.0. The Morgan fingerprint density at radius 2 is 1.60 bits per heavy atom. The van der Waals surface area contributed by atoms with Gasteiger partial charge in [0.15, 0.2) is 0 Å². The molecule has 7 nitrogen and oxygen atoms in total. The first-order chi connectivity index (χ1) is 14.3. The normalized spacial score (nSPS) is 15.9. The largest absolute Gasteiger partial charge is 0.473 e. The van der Waals surface area contributed by atoms with Crippen LogP contribution in [0.15, 0.2) is 63.7 Å². The second kappa shape index (κ2) is 9.42. The third kappa shape index (κ3) is 5.27. The number of likely N-dealkylation sites (tertiary alicyclic amines) is 1. The number of aliphatic hydroxyl groups is 1. The van der Waals surface area contributed by atoms with Crippen LogP contribution in [0.4, 0.5) is 0 Å². The van der Waals surface area contributed by atoms with Gasteiger partial charge in [-0.3, -0.25) is 4.90 Å². The standard InChI is InChI=1S/C20H20BrNO2.C2H2O4/c21-17-7-5-16(6-8-17)20(23)9-11-22(12-10-20)13-15-14-24-19-4-2-1-3-18(15)19;3-1(4)2(5)6/h1-8,14,23H,9-13H2;(H,3,4)(H,5,6). The number of aliphatic carboxylic acids is 2. The summed E-state index contributed by atoms with van der Waals surface area (Å²) in [6, 6.07) is 16.2. The van der Waals surface area contributed by atoms with Gasteiger partial charge in [-0.25, -0.2) is 9.59 Å². The number of carboxylic acid groups (broad SMARTS) is 2. The van der Waals surface area contributed by atoms with Crippen LogP contribution in [0.25, 0.3) is 11.0 Å². The van der Waals surface area contributed by atoms with E-state index in [4.69, 9.17) is 24.2 Å². The third-order valence-electron chi connectivity index (χ3n) is 5.20. The number of nitrogens with zero attached hydrogens (tertiary/aromatic N) is 1. The van der Waals surface area contributed by atoms with Gasteiger partial charge in [-0.05, 0) is 36.6 Å². The van der Waals surface area contributed by atoms with Gasteiger partial charge >= 0.3 is 11.9 Å². The molecular weight excluding hydrogens is 454 g/mol. The molecular formula is C22H22BrNO6. The molecule has 0 bridgehead atoms. The summed E-state index contributed by atoms with van der Waals surface area (Å²) in [7, 11) is 0. The highest BCUT2D eigenvalue weighted by molar-refractivity contribution is 9.10. The van der Waals surface area contributed by atoms with E-state index >= 15 is 0 Å². The van der Waals surface area contributed by atoms with Crippen LogP contribution in [0.1, 0.15) is 24.0 Å². The molecule has 3 aromatic rings. The first-order valence-corrected chi connectivity index (χ1v) is 10.2. The number of rotatable bonds is 3. The van der Waals surface area contributed by atoms with Gasteiger partial charge in [0.1, 0.15) is 5.58 Å². The fraction of sp³-hybridized carbons (Fsp3) is 0.273. The molecule has 3 N–H and O–H groups in total. The van der Waals surface area contributed by atoms with Gasteiger partial charge in [0, 0.05) is 35.1 Å². The van der Waals surface area contributed by atoms with E-state index in [1.54, 1.807) is 0 Å². The molecule has 1 aliphatic rings. The zero-order chi connectivity index (χ0) is 21.7. The minimum Gasteiger partial charge on any atom is -0.473 e. The van der Waals surface area contributed by atoms with Gasteiger partial charge in [0.05, 0.1) is 11.9 Å². The van der Waals surface area contributed by atoms with Crippen molar-refractivity contribution in [2.75, 3.05) is 13.1 Å². The van der Waals surface area contributed by atoms with E-state index in [-0.39, 0.29) is 0 Å². The van der Waals surface area contributed by atoms with Gasteiger partial charge in [0.25, 0.3) is 0 Å². The van der Waals surface area contributed by atoms with Crippen molar-refractivity contribution in [1.29, 1.82) is 0 Å². The quantitative estimate of drug-likeness (QED) is 0.493. The minimum absolute atomic E-state index is 0.713. The third-order valence-corrected chi connectivity index (χ3v) is 5.73. The van der Waals surface area contributed by atoms with Crippen LogP contribution < -0.4 is 0 Å². The lowest BCUT2D eigenvalue weighted by Gasteiger charge is -2.38. The van der Waals surface area contributed by atoms with Gasteiger partial charge in [-0.2, -0.15) is 0 Å². The molecule has 158 valence electrons. The summed E-state index contributed by atoms with van der Waals surface area (Å²) in [4.78, 5) is 20.6. The maximum Gasteiger partial charge on any atom is 0.414 e. The minimum atomic E-state index is -1.82. The molecule has 0 radical (unpaired) electrons. The molecule has 1 fully saturated rings. The molecule has 4 rings (SSSR count). The number of hydrogen-bond donors (Lipinski definition) is 3. The summed E-state index contributed by atoms with van der Waals surface area (Å²) in [5, 5.41) is 27.0. The van der Waals surface area contributed by atoms with Gasteiger partial charge in [-0.1, -0.05) is 46.3 Å². The lowest BCUT2D eigenvalue weighted by atomic mass is 9.84. The number of carboxylic acids is 2. The Morgan fingerprint density at radius 1 is 1.00 bits per heavy atom. The predicted octanol–water partition coefficient (Wildman–Crippen LogP) is 3.83. The summed E-state index contributed by atoms with van der Waals surface area (Å²) in [5.41, 5.74) is 2.46. The van der Waals surface area contributed by atoms with E-state index in [1.165, 1.54) is 10.9 Å².